The fraction of sp³-hybridized carbons (Fsp3) is 0.222. The van der Waals surface area contributed by atoms with Gasteiger partial charge in [0, 0.05) is 24.2 Å². The van der Waals surface area contributed by atoms with E-state index in [1.165, 1.54) is 25.1 Å². The maximum Gasteiger partial charge on any atom is 0.270 e. The van der Waals surface area contributed by atoms with E-state index in [0.29, 0.717) is 5.75 Å². The molecule has 0 aliphatic heterocycles. The summed E-state index contributed by atoms with van der Waals surface area (Å²) in [5, 5.41) is 16.0. The summed E-state index contributed by atoms with van der Waals surface area (Å²) in [5.74, 6) is -0.242. The zero-order chi connectivity index (χ0) is 19.1. The number of amides is 2. The largest absolute Gasteiger partial charge is 0.497 e. The second-order valence-electron chi connectivity index (χ2n) is 5.57. The fourth-order valence-corrected chi connectivity index (χ4v) is 2.23. The van der Waals surface area contributed by atoms with E-state index < -0.39 is 16.9 Å². The van der Waals surface area contributed by atoms with Gasteiger partial charge in [0.05, 0.1) is 12.0 Å². The molecule has 0 radical (unpaired) electrons. The van der Waals surface area contributed by atoms with E-state index >= 15 is 0 Å². The molecule has 0 aromatic heterocycles. The maximum atomic E-state index is 12.2. The summed E-state index contributed by atoms with van der Waals surface area (Å²) in [6.07, 6.45) is 0. The first-order chi connectivity index (χ1) is 12.4. The predicted octanol–water partition coefficient (Wildman–Crippen LogP) is 2.04. The topological polar surface area (TPSA) is 111 Å². The Morgan fingerprint density at radius 3 is 2.62 bits per heavy atom. The predicted molar refractivity (Wildman–Crippen MR) is 94.9 cm³/mol. The average molecular weight is 357 g/mol. The van der Waals surface area contributed by atoms with Crippen molar-refractivity contribution in [1.29, 1.82) is 0 Å². The normalized spacial score (nSPS) is 11.3. The minimum atomic E-state index is -0.799. The summed E-state index contributed by atoms with van der Waals surface area (Å²) < 4.78 is 5.12. The van der Waals surface area contributed by atoms with E-state index in [-0.39, 0.29) is 23.7 Å². The van der Waals surface area contributed by atoms with Gasteiger partial charge in [0.2, 0.25) is 5.91 Å². The Hall–Kier alpha value is -3.42. The molecular formula is C18H19N3O5. The molecule has 0 heterocycles. The Kier molecular flexibility index (Phi) is 6.26. The lowest BCUT2D eigenvalue weighted by molar-refractivity contribution is -0.384. The van der Waals surface area contributed by atoms with Gasteiger partial charge in [-0.2, -0.15) is 0 Å². The Morgan fingerprint density at radius 2 is 1.92 bits per heavy atom. The lowest BCUT2D eigenvalue weighted by Crippen LogP contribution is -2.44. The van der Waals surface area contributed by atoms with Gasteiger partial charge < -0.3 is 15.4 Å². The number of benzene rings is 2. The molecule has 2 aromatic rings. The molecule has 8 nitrogen and oxygen atoms in total. The van der Waals surface area contributed by atoms with Crippen molar-refractivity contribution in [1.82, 2.24) is 10.6 Å². The highest BCUT2D eigenvalue weighted by atomic mass is 16.6. The van der Waals surface area contributed by atoms with Gasteiger partial charge in [-0.25, -0.2) is 0 Å². The highest BCUT2D eigenvalue weighted by Gasteiger charge is 2.18. The summed E-state index contributed by atoms with van der Waals surface area (Å²) in [6, 6.07) is 11.8. The Bertz CT molecular complexity index is 822. The number of non-ortho nitro benzene ring substituents is 1. The quantitative estimate of drug-likeness (QED) is 0.582. The molecular weight excluding hydrogens is 338 g/mol. The molecule has 0 spiro atoms. The molecule has 1 atom stereocenters. The number of methoxy groups -OCH3 is 1. The summed E-state index contributed by atoms with van der Waals surface area (Å²) in [5.41, 5.74) is 0.786. The molecule has 2 aromatic carbocycles. The SMILES string of the molecule is COc1cccc(CNC(=O)C(C)NC(=O)c2cccc([N+](=O)[O-])c2)c1. The smallest absolute Gasteiger partial charge is 0.270 e. The maximum absolute atomic E-state index is 12.2. The third kappa shape index (κ3) is 5.04. The van der Waals surface area contributed by atoms with Crippen molar-refractivity contribution < 1.29 is 19.2 Å². The van der Waals surface area contributed by atoms with Crippen LogP contribution in [0.3, 0.4) is 0 Å². The van der Waals surface area contributed by atoms with Gasteiger partial charge >= 0.3 is 0 Å². The number of carbonyl (C=O) groups is 2. The first-order valence-corrected chi connectivity index (χ1v) is 7.86. The van der Waals surface area contributed by atoms with Gasteiger partial charge in [-0.3, -0.25) is 19.7 Å². The molecule has 1 unspecified atom stereocenters. The molecule has 136 valence electrons. The summed E-state index contributed by atoms with van der Waals surface area (Å²) >= 11 is 0. The number of nitrogens with zero attached hydrogens (tertiary/aromatic N) is 1. The van der Waals surface area contributed by atoms with Gasteiger partial charge in [0.1, 0.15) is 11.8 Å². The van der Waals surface area contributed by atoms with Gasteiger partial charge in [0.25, 0.3) is 11.6 Å². The van der Waals surface area contributed by atoms with Gasteiger partial charge in [-0.1, -0.05) is 18.2 Å². The fourth-order valence-electron chi connectivity index (χ4n) is 2.23. The molecule has 8 heteroatoms. The Labute approximate surface area is 150 Å². The monoisotopic (exact) mass is 357 g/mol. The Balaban J connectivity index is 1.92. The Morgan fingerprint density at radius 1 is 1.19 bits per heavy atom. The molecule has 2 rings (SSSR count). The van der Waals surface area contributed by atoms with Crippen LogP contribution in [0, 0.1) is 10.1 Å². The molecule has 26 heavy (non-hydrogen) atoms. The highest BCUT2D eigenvalue weighted by molar-refractivity contribution is 5.97. The number of carbonyl (C=O) groups excluding carboxylic acids is 2. The van der Waals surface area contributed by atoms with Crippen LogP contribution >= 0.6 is 0 Å². The van der Waals surface area contributed by atoms with Gasteiger partial charge in [0.15, 0.2) is 0 Å². The molecule has 2 N–H and O–H groups in total. The van der Waals surface area contributed by atoms with Crippen molar-refractivity contribution in [3.8, 4) is 5.75 Å². The van der Waals surface area contributed by atoms with Crippen molar-refractivity contribution in [3.05, 3.63) is 69.8 Å². The van der Waals surface area contributed by atoms with Gasteiger partial charge in [-0.15, -0.1) is 0 Å². The number of rotatable bonds is 7. The van der Waals surface area contributed by atoms with Crippen molar-refractivity contribution >= 4 is 17.5 Å². The number of nitro benzene ring substituents is 1. The standard InChI is InChI=1S/C18H19N3O5/c1-12(17(22)19-11-13-5-3-8-16(9-13)26-2)20-18(23)14-6-4-7-15(10-14)21(24)25/h3-10,12H,11H2,1-2H3,(H,19,22)(H,20,23). The van der Waals surface area contributed by atoms with E-state index in [0.717, 1.165) is 11.6 Å². The number of nitro groups is 1. The third-order valence-corrected chi connectivity index (χ3v) is 3.66. The molecule has 0 saturated carbocycles. The van der Waals surface area contributed by atoms with Crippen molar-refractivity contribution in [3.63, 3.8) is 0 Å². The lowest BCUT2D eigenvalue weighted by Gasteiger charge is -2.14. The molecule has 2 amide bonds. The second-order valence-corrected chi connectivity index (χ2v) is 5.57. The van der Waals surface area contributed by atoms with Crippen molar-refractivity contribution in [2.45, 2.75) is 19.5 Å². The van der Waals surface area contributed by atoms with Crippen LogP contribution in [0.15, 0.2) is 48.5 Å². The summed E-state index contributed by atoms with van der Waals surface area (Å²) in [6.45, 7) is 1.82. The highest BCUT2D eigenvalue weighted by Crippen LogP contribution is 2.13. The molecule has 0 fully saturated rings. The first kappa shape index (κ1) is 18.9. The van der Waals surface area contributed by atoms with Gasteiger partial charge in [-0.05, 0) is 30.7 Å². The van der Waals surface area contributed by atoms with Crippen LogP contribution in [0.5, 0.6) is 5.75 Å². The third-order valence-electron chi connectivity index (χ3n) is 3.66. The van der Waals surface area contributed by atoms with E-state index in [1.54, 1.807) is 19.2 Å². The minimum Gasteiger partial charge on any atom is -0.497 e. The molecule has 0 aliphatic rings. The van der Waals surface area contributed by atoms with Crippen LogP contribution in [0.2, 0.25) is 0 Å². The lowest BCUT2D eigenvalue weighted by atomic mass is 10.1. The van der Waals surface area contributed by atoms with Crippen molar-refractivity contribution in [2.75, 3.05) is 7.11 Å². The number of ether oxygens (including phenoxy) is 1. The second kappa shape index (κ2) is 8.61. The number of nitrogens with one attached hydrogen (secondary N) is 2. The van der Waals surface area contributed by atoms with Crippen molar-refractivity contribution in [2.24, 2.45) is 0 Å². The van der Waals surface area contributed by atoms with Crippen LogP contribution in [-0.4, -0.2) is 29.9 Å². The molecule has 0 aliphatic carbocycles. The average Bonchev–Trinajstić information content (AvgIpc) is 2.66. The summed E-state index contributed by atoms with van der Waals surface area (Å²) in [4.78, 5) is 34.5. The van der Waals surface area contributed by atoms with Crippen LogP contribution < -0.4 is 15.4 Å². The van der Waals surface area contributed by atoms with E-state index in [4.69, 9.17) is 4.74 Å². The zero-order valence-electron chi connectivity index (χ0n) is 14.4. The van der Waals surface area contributed by atoms with Crippen LogP contribution in [0.25, 0.3) is 0 Å². The van der Waals surface area contributed by atoms with E-state index in [2.05, 4.69) is 10.6 Å². The first-order valence-electron chi connectivity index (χ1n) is 7.86. The van der Waals surface area contributed by atoms with Crippen LogP contribution in [-0.2, 0) is 11.3 Å². The van der Waals surface area contributed by atoms with E-state index in [9.17, 15) is 19.7 Å². The summed E-state index contributed by atoms with van der Waals surface area (Å²) in [7, 11) is 1.56. The molecule has 0 saturated heterocycles. The van der Waals surface area contributed by atoms with Crippen LogP contribution in [0.1, 0.15) is 22.8 Å². The minimum absolute atomic E-state index is 0.117. The number of hydrogen-bond acceptors (Lipinski definition) is 5. The number of hydrogen-bond donors (Lipinski definition) is 2. The van der Waals surface area contributed by atoms with Crippen LogP contribution in [0.4, 0.5) is 5.69 Å². The zero-order valence-corrected chi connectivity index (χ0v) is 14.4. The van der Waals surface area contributed by atoms with E-state index in [1.807, 2.05) is 12.1 Å². The molecule has 0 bridgehead atoms.